The van der Waals surface area contributed by atoms with Gasteiger partial charge in [0.15, 0.2) is 0 Å². The minimum atomic E-state index is -0.326. The number of β-amino-alcohol motifs (C(OH)–C–C–N with tert-alkyl or cyclic N) is 1. The number of hydrogen-bond acceptors (Lipinski definition) is 3. The van der Waals surface area contributed by atoms with E-state index in [0.717, 1.165) is 32.7 Å². The number of rotatable bonds is 4. The highest BCUT2D eigenvalue weighted by atomic mass is 16.3. The Kier molecular flexibility index (Phi) is 4.76. The van der Waals surface area contributed by atoms with Crippen LogP contribution in [0.5, 0.6) is 0 Å². The Morgan fingerprint density at radius 3 is 2.43 bits per heavy atom. The zero-order valence-electron chi connectivity index (χ0n) is 14.8. The number of hydrogen-bond donors (Lipinski definition) is 1. The van der Waals surface area contributed by atoms with Crippen molar-refractivity contribution < 1.29 is 5.11 Å². The van der Waals surface area contributed by atoms with Gasteiger partial charge in [-0.05, 0) is 45.5 Å². The molecule has 126 valence electrons. The Balaban J connectivity index is 1.74. The van der Waals surface area contributed by atoms with Crippen LogP contribution < -0.4 is 0 Å². The molecule has 1 N–H and O–H groups in total. The van der Waals surface area contributed by atoms with Crippen molar-refractivity contribution in [3.63, 3.8) is 0 Å². The molecule has 1 aliphatic heterocycles. The number of likely N-dealkylation sites (N-methyl/N-ethyl adjacent to an activating group) is 1. The molecule has 2 heterocycles. The fourth-order valence-electron chi connectivity index (χ4n) is 3.60. The highest BCUT2D eigenvalue weighted by molar-refractivity contribution is 5.85. The van der Waals surface area contributed by atoms with Crippen molar-refractivity contribution >= 4 is 10.9 Å². The van der Waals surface area contributed by atoms with Crippen LogP contribution in [0.4, 0.5) is 0 Å². The lowest BCUT2D eigenvalue weighted by molar-refractivity contribution is 0.0714. The fourth-order valence-corrected chi connectivity index (χ4v) is 3.60. The van der Waals surface area contributed by atoms with Crippen LogP contribution in [0.3, 0.4) is 0 Å². The van der Waals surface area contributed by atoms with E-state index in [2.05, 4.69) is 60.4 Å². The second-order valence-electron chi connectivity index (χ2n) is 7.10. The highest BCUT2D eigenvalue weighted by Crippen LogP contribution is 2.26. The molecule has 0 radical (unpaired) electrons. The zero-order valence-corrected chi connectivity index (χ0v) is 14.8. The van der Waals surface area contributed by atoms with Gasteiger partial charge >= 0.3 is 0 Å². The lowest BCUT2D eigenvalue weighted by Gasteiger charge is -2.33. The third-order valence-electron chi connectivity index (χ3n) is 5.25. The standard InChI is InChI=1S/C19H29N3O/c1-14-5-6-19-18(11-14)15(2)16(3)22(19)13-17(23)12-21-9-7-20(4)8-10-21/h5-6,11,17,23H,7-10,12-13H2,1-4H3/t17-/m1/s1. The molecule has 0 spiro atoms. The van der Waals surface area contributed by atoms with Crippen molar-refractivity contribution in [3.05, 3.63) is 35.0 Å². The van der Waals surface area contributed by atoms with E-state index in [0.29, 0.717) is 6.54 Å². The molecule has 0 bridgehead atoms. The number of aliphatic hydroxyl groups is 1. The molecular weight excluding hydrogens is 286 g/mol. The maximum atomic E-state index is 10.6. The molecule has 0 saturated carbocycles. The quantitative estimate of drug-likeness (QED) is 0.938. The van der Waals surface area contributed by atoms with E-state index < -0.39 is 0 Å². The van der Waals surface area contributed by atoms with Gasteiger partial charge in [0.2, 0.25) is 0 Å². The van der Waals surface area contributed by atoms with Gasteiger partial charge in [-0.2, -0.15) is 0 Å². The summed E-state index contributed by atoms with van der Waals surface area (Å²) in [5, 5.41) is 11.9. The summed E-state index contributed by atoms with van der Waals surface area (Å²) in [6, 6.07) is 6.60. The van der Waals surface area contributed by atoms with Gasteiger partial charge in [-0.15, -0.1) is 0 Å². The monoisotopic (exact) mass is 315 g/mol. The predicted molar refractivity (Wildman–Crippen MR) is 96.1 cm³/mol. The van der Waals surface area contributed by atoms with Crippen LogP contribution in [0.2, 0.25) is 0 Å². The summed E-state index contributed by atoms with van der Waals surface area (Å²) in [4.78, 5) is 4.72. The molecule has 1 fully saturated rings. The molecule has 1 atom stereocenters. The smallest absolute Gasteiger partial charge is 0.0845 e. The largest absolute Gasteiger partial charge is 0.390 e. The maximum Gasteiger partial charge on any atom is 0.0845 e. The highest BCUT2D eigenvalue weighted by Gasteiger charge is 2.19. The third-order valence-corrected chi connectivity index (χ3v) is 5.25. The van der Waals surface area contributed by atoms with Crippen LogP contribution >= 0.6 is 0 Å². The average Bonchev–Trinajstić information content (AvgIpc) is 2.74. The summed E-state index contributed by atoms with van der Waals surface area (Å²) in [5.74, 6) is 0. The van der Waals surface area contributed by atoms with Crippen molar-refractivity contribution in [1.82, 2.24) is 14.4 Å². The second kappa shape index (κ2) is 6.63. The lowest BCUT2D eigenvalue weighted by Crippen LogP contribution is -2.47. The van der Waals surface area contributed by atoms with Crippen molar-refractivity contribution in [3.8, 4) is 0 Å². The van der Waals surface area contributed by atoms with E-state index in [9.17, 15) is 5.11 Å². The van der Waals surface area contributed by atoms with Gasteiger partial charge in [-0.25, -0.2) is 0 Å². The van der Waals surface area contributed by atoms with Crippen LogP contribution in [0.15, 0.2) is 18.2 Å². The van der Waals surface area contributed by atoms with E-state index in [-0.39, 0.29) is 6.10 Å². The summed E-state index contributed by atoms with van der Waals surface area (Å²) in [5.41, 5.74) is 5.12. The van der Waals surface area contributed by atoms with E-state index in [1.54, 1.807) is 0 Å². The molecule has 1 aliphatic rings. The first-order valence-corrected chi connectivity index (χ1v) is 8.60. The number of benzene rings is 1. The van der Waals surface area contributed by atoms with Gasteiger partial charge in [0.1, 0.15) is 0 Å². The van der Waals surface area contributed by atoms with Crippen LogP contribution in [0.1, 0.15) is 16.8 Å². The number of aliphatic hydroxyl groups excluding tert-OH is 1. The molecule has 2 aromatic rings. The number of nitrogens with zero attached hydrogens (tertiary/aromatic N) is 3. The van der Waals surface area contributed by atoms with Gasteiger partial charge < -0.3 is 14.6 Å². The minimum Gasteiger partial charge on any atom is -0.390 e. The summed E-state index contributed by atoms with van der Waals surface area (Å²) in [6.45, 7) is 12.2. The first-order valence-electron chi connectivity index (χ1n) is 8.60. The molecule has 4 nitrogen and oxygen atoms in total. The lowest BCUT2D eigenvalue weighted by atomic mass is 10.1. The van der Waals surface area contributed by atoms with Crippen molar-refractivity contribution in [1.29, 1.82) is 0 Å². The van der Waals surface area contributed by atoms with E-state index in [1.165, 1.54) is 27.7 Å². The topological polar surface area (TPSA) is 31.6 Å². The van der Waals surface area contributed by atoms with Crippen molar-refractivity contribution in [2.24, 2.45) is 0 Å². The number of aryl methyl sites for hydroxylation is 2. The Morgan fingerprint density at radius 2 is 1.74 bits per heavy atom. The van der Waals surface area contributed by atoms with Gasteiger partial charge in [-0.1, -0.05) is 11.6 Å². The Hall–Kier alpha value is -1.36. The molecular formula is C19H29N3O. The molecule has 0 unspecified atom stereocenters. The average molecular weight is 315 g/mol. The van der Waals surface area contributed by atoms with Gasteiger partial charge in [-0.3, -0.25) is 4.90 Å². The Morgan fingerprint density at radius 1 is 1.04 bits per heavy atom. The molecule has 1 saturated heterocycles. The van der Waals surface area contributed by atoms with Crippen LogP contribution in [0, 0.1) is 20.8 Å². The summed E-state index contributed by atoms with van der Waals surface area (Å²) >= 11 is 0. The normalized spacial score (nSPS) is 18.7. The zero-order chi connectivity index (χ0) is 16.6. The molecule has 4 heteroatoms. The fraction of sp³-hybridized carbons (Fsp3) is 0.579. The first-order chi connectivity index (χ1) is 11.0. The molecule has 23 heavy (non-hydrogen) atoms. The predicted octanol–water partition coefficient (Wildman–Crippen LogP) is 2.17. The summed E-state index contributed by atoms with van der Waals surface area (Å²) in [6.07, 6.45) is -0.326. The van der Waals surface area contributed by atoms with E-state index >= 15 is 0 Å². The van der Waals surface area contributed by atoms with E-state index in [4.69, 9.17) is 0 Å². The van der Waals surface area contributed by atoms with Gasteiger partial charge in [0.25, 0.3) is 0 Å². The first kappa shape index (κ1) is 16.5. The second-order valence-corrected chi connectivity index (χ2v) is 7.10. The van der Waals surface area contributed by atoms with Crippen molar-refractivity contribution in [2.75, 3.05) is 39.8 Å². The molecule has 1 aromatic carbocycles. The van der Waals surface area contributed by atoms with Crippen LogP contribution in [-0.4, -0.2) is 65.3 Å². The summed E-state index contributed by atoms with van der Waals surface area (Å²) < 4.78 is 2.28. The molecule has 0 aliphatic carbocycles. The number of aromatic nitrogens is 1. The van der Waals surface area contributed by atoms with E-state index in [1.807, 2.05) is 0 Å². The minimum absolute atomic E-state index is 0.326. The van der Waals surface area contributed by atoms with Gasteiger partial charge in [0, 0.05) is 49.3 Å². The maximum absolute atomic E-state index is 10.6. The third kappa shape index (κ3) is 3.44. The SMILES string of the molecule is Cc1ccc2c(c1)c(C)c(C)n2C[C@H](O)CN1CCN(C)CC1. The Labute approximate surface area is 139 Å². The molecule has 3 rings (SSSR count). The van der Waals surface area contributed by atoms with Crippen LogP contribution in [-0.2, 0) is 6.54 Å². The van der Waals surface area contributed by atoms with Gasteiger partial charge in [0.05, 0.1) is 12.6 Å². The molecule has 0 amide bonds. The van der Waals surface area contributed by atoms with Crippen molar-refractivity contribution in [2.45, 2.75) is 33.4 Å². The Bertz CT molecular complexity index is 683. The van der Waals surface area contributed by atoms with Crippen LogP contribution in [0.25, 0.3) is 10.9 Å². The summed E-state index contributed by atoms with van der Waals surface area (Å²) in [7, 11) is 2.16. The molecule has 1 aromatic heterocycles. The number of fused-ring (bicyclic) bond motifs is 1. The number of piperazine rings is 1.